The molecule has 0 saturated carbocycles. The molecule has 0 unspecified atom stereocenters. The molecule has 0 radical (unpaired) electrons. The summed E-state index contributed by atoms with van der Waals surface area (Å²) in [6.07, 6.45) is 3.22. The Labute approximate surface area is 70.3 Å². The molecule has 0 amide bonds. The Balaban J connectivity index is 3.44. The zero-order valence-electron chi connectivity index (χ0n) is 8.28. The topological polar surface area (TPSA) is 52.0 Å². The van der Waals surface area contributed by atoms with Gasteiger partial charge in [0.1, 0.15) is 0 Å². The lowest BCUT2D eigenvalue weighted by molar-refractivity contribution is 0.393. The molecular formula is C9H22N2. The Hall–Kier alpha value is -0.0800. The minimum atomic E-state index is -0.0365. The van der Waals surface area contributed by atoms with Crippen LogP contribution in [0.4, 0.5) is 0 Å². The Kier molecular flexibility index (Phi) is 3.52. The van der Waals surface area contributed by atoms with Crippen LogP contribution in [-0.4, -0.2) is 11.1 Å². The van der Waals surface area contributed by atoms with Crippen LogP contribution in [0.25, 0.3) is 0 Å². The van der Waals surface area contributed by atoms with Gasteiger partial charge in [-0.3, -0.25) is 0 Å². The van der Waals surface area contributed by atoms with Crippen LogP contribution in [0.15, 0.2) is 0 Å². The SMILES string of the molecule is CC(C)(N)CCCC(C)(C)N. The number of hydrogen-bond donors (Lipinski definition) is 2. The van der Waals surface area contributed by atoms with Crippen molar-refractivity contribution in [3.63, 3.8) is 0 Å². The minimum absolute atomic E-state index is 0.0365. The van der Waals surface area contributed by atoms with Crippen molar-refractivity contribution in [1.82, 2.24) is 0 Å². The van der Waals surface area contributed by atoms with Crippen LogP contribution in [0.3, 0.4) is 0 Å². The number of rotatable bonds is 4. The average Bonchev–Trinajstić information content (AvgIpc) is 1.55. The van der Waals surface area contributed by atoms with Gasteiger partial charge >= 0.3 is 0 Å². The van der Waals surface area contributed by atoms with E-state index in [0.29, 0.717) is 0 Å². The van der Waals surface area contributed by atoms with Gasteiger partial charge in [-0.1, -0.05) is 0 Å². The standard InChI is InChI=1S/C9H22N2/c1-8(2,10)6-5-7-9(3,4)11/h5-7,10-11H2,1-4H3. The van der Waals surface area contributed by atoms with Gasteiger partial charge in [-0.2, -0.15) is 0 Å². The second-order valence-electron chi connectivity index (χ2n) is 4.83. The van der Waals surface area contributed by atoms with Gasteiger partial charge in [-0.15, -0.1) is 0 Å². The second-order valence-corrected chi connectivity index (χ2v) is 4.83. The fourth-order valence-corrected chi connectivity index (χ4v) is 1.000. The summed E-state index contributed by atoms with van der Waals surface area (Å²) in [7, 11) is 0. The first-order valence-corrected chi connectivity index (χ1v) is 4.28. The van der Waals surface area contributed by atoms with Gasteiger partial charge in [0, 0.05) is 11.1 Å². The maximum atomic E-state index is 5.82. The van der Waals surface area contributed by atoms with E-state index in [0.717, 1.165) is 19.3 Å². The van der Waals surface area contributed by atoms with Gasteiger partial charge in [0.15, 0.2) is 0 Å². The zero-order chi connectivity index (χ0) is 9.12. The van der Waals surface area contributed by atoms with E-state index < -0.39 is 0 Å². The van der Waals surface area contributed by atoms with Crippen LogP contribution in [0, 0.1) is 0 Å². The van der Waals surface area contributed by atoms with E-state index in [2.05, 4.69) is 27.7 Å². The van der Waals surface area contributed by atoms with Crippen LogP contribution in [0.2, 0.25) is 0 Å². The van der Waals surface area contributed by atoms with Crippen LogP contribution in [-0.2, 0) is 0 Å². The molecule has 0 aliphatic heterocycles. The minimum Gasteiger partial charge on any atom is -0.326 e. The molecule has 0 aromatic heterocycles. The monoisotopic (exact) mass is 158 g/mol. The highest BCUT2D eigenvalue weighted by atomic mass is 14.7. The smallest absolute Gasteiger partial charge is 0.00970 e. The molecule has 0 fully saturated rings. The molecule has 0 heterocycles. The Morgan fingerprint density at radius 2 is 1.09 bits per heavy atom. The van der Waals surface area contributed by atoms with E-state index in [9.17, 15) is 0 Å². The third kappa shape index (κ3) is 9.92. The van der Waals surface area contributed by atoms with Crippen molar-refractivity contribution in [1.29, 1.82) is 0 Å². The summed E-state index contributed by atoms with van der Waals surface area (Å²) in [5.41, 5.74) is 11.6. The van der Waals surface area contributed by atoms with Crippen molar-refractivity contribution in [3.8, 4) is 0 Å². The number of hydrogen-bond acceptors (Lipinski definition) is 2. The Bertz CT molecular complexity index is 91.7. The third-order valence-electron chi connectivity index (χ3n) is 1.64. The molecule has 0 bridgehead atoms. The maximum absolute atomic E-state index is 5.82. The Morgan fingerprint density at radius 3 is 1.27 bits per heavy atom. The van der Waals surface area contributed by atoms with Crippen LogP contribution in [0.5, 0.6) is 0 Å². The molecule has 2 heteroatoms. The lowest BCUT2D eigenvalue weighted by Crippen LogP contribution is -2.35. The first-order chi connectivity index (χ1) is 4.71. The molecular weight excluding hydrogens is 136 g/mol. The van der Waals surface area contributed by atoms with Gasteiger partial charge in [0.25, 0.3) is 0 Å². The fraction of sp³-hybridized carbons (Fsp3) is 1.00. The van der Waals surface area contributed by atoms with Gasteiger partial charge in [0.2, 0.25) is 0 Å². The quantitative estimate of drug-likeness (QED) is 0.653. The molecule has 11 heavy (non-hydrogen) atoms. The van der Waals surface area contributed by atoms with Crippen molar-refractivity contribution in [2.45, 2.75) is 58.0 Å². The molecule has 0 rings (SSSR count). The molecule has 68 valence electrons. The third-order valence-corrected chi connectivity index (χ3v) is 1.64. The molecule has 4 N–H and O–H groups in total. The second kappa shape index (κ2) is 3.55. The van der Waals surface area contributed by atoms with Crippen LogP contribution in [0.1, 0.15) is 47.0 Å². The van der Waals surface area contributed by atoms with E-state index >= 15 is 0 Å². The van der Waals surface area contributed by atoms with E-state index in [-0.39, 0.29) is 11.1 Å². The van der Waals surface area contributed by atoms with Gasteiger partial charge in [-0.25, -0.2) is 0 Å². The van der Waals surface area contributed by atoms with E-state index in [1.807, 2.05) is 0 Å². The summed E-state index contributed by atoms with van der Waals surface area (Å²) < 4.78 is 0. The lowest BCUT2D eigenvalue weighted by Gasteiger charge is -2.22. The molecule has 0 spiro atoms. The summed E-state index contributed by atoms with van der Waals surface area (Å²) in [5, 5.41) is 0. The predicted molar refractivity (Wildman–Crippen MR) is 50.4 cm³/mol. The van der Waals surface area contributed by atoms with Crippen molar-refractivity contribution in [2.24, 2.45) is 11.5 Å². The lowest BCUT2D eigenvalue weighted by atomic mass is 9.92. The highest BCUT2D eigenvalue weighted by Crippen LogP contribution is 2.14. The van der Waals surface area contributed by atoms with Gasteiger partial charge in [-0.05, 0) is 47.0 Å². The van der Waals surface area contributed by atoms with Crippen LogP contribution >= 0.6 is 0 Å². The number of nitrogens with two attached hydrogens (primary N) is 2. The maximum Gasteiger partial charge on any atom is 0.00970 e. The van der Waals surface area contributed by atoms with Crippen molar-refractivity contribution >= 4 is 0 Å². The summed E-state index contributed by atoms with van der Waals surface area (Å²) in [4.78, 5) is 0. The normalized spacial score (nSPS) is 13.6. The highest BCUT2D eigenvalue weighted by molar-refractivity contribution is 4.76. The summed E-state index contributed by atoms with van der Waals surface area (Å²) in [5.74, 6) is 0. The van der Waals surface area contributed by atoms with E-state index in [1.54, 1.807) is 0 Å². The average molecular weight is 158 g/mol. The molecule has 0 aliphatic carbocycles. The molecule has 0 saturated heterocycles. The first-order valence-electron chi connectivity index (χ1n) is 4.28. The molecule has 2 nitrogen and oxygen atoms in total. The van der Waals surface area contributed by atoms with E-state index in [1.165, 1.54) is 0 Å². The largest absolute Gasteiger partial charge is 0.326 e. The highest BCUT2D eigenvalue weighted by Gasteiger charge is 2.14. The van der Waals surface area contributed by atoms with Crippen molar-refractivity contribution in [3.05, 3.63) is 0 Å². The van der Waals surface area contributed by atoms with Gasteiger partial charge < -0.3 is 11.5 Å². The fourth-order valence-electron chi connectivity index (χ4n) is 1.000. The summed E-state index contributed by atoms with van der Waals surface area (Å²) in [6.45, 7) is 8.21. The first kappa shape index (κ1) is 10.9. The van der Waals surface area contributed by atoms with Crippen molar-refractivity contribution < 1.29 is 0 Å². The van der Waals surface area contributed by atoms with E-state index in [4.69, 9.17) is 11.5 Å². The zero-order valence-corrected chi connectivity index (χ0v) is 8.28. The summed E-state index contributed by atoms with van der Waals surface area (Å²) >= 11 is 0. The summed E-state index contributed by atoms with van der Waals surface area (Å²) in [6, 6.07) is 0. The molecule has 0 aromatic rings. The molecule has 0 atom stereocenters. The van der Waals surface area contributed by atoms with Crippen LogP contribution < -0.4 is 11.5 Å². The predicted octanol–water partition coefficient (Wildman–Crippen LogP) is 1.63. The van der Waals surface area contributed by atoms with Gasteiger partial charge in [0.05, 0.1) is 0 Å². The molecule has 0 aromatic carbocycles. The Morgan fingerprint density at radius 1 is 0.818 bits per heavy atom. The molecule has 0 aliphatic rings. The van der Waals surface area contributed by atoms with Crippen molar-refractivity contribution in [2.75, 3.05) is 0 Å².